The van der Waals surface area contributed by atoms with E-state index in [1.54, 1.807) is 44.5 Å². The standard InChI is InChI=1S/C25H28N4O4S/c1-5-27(6-2)34(32,33)21-12-13-22-19(16-21)14-15-28(22)25(31)24(30)23-17(3)26-29(18(23)4)20-10-8-7-9-11-20/h7-13,16H,5-6,14-15H2,1-4H3. The summed E-state index contributed by atoms with van der Waals surface area (Å²) in [5.74, 6) is -1.26. The van der Waals surface area contributed by atoms with Crippen molar-refractivity contribution in [1.29, 1.82) is 0 Å². The van der Waals surface area contributed by atoms with Crippen LogP contribution >= 0.6 is 0 Å². The number of hydrogen-bond acceptors (Lipinski definition) is 5. The highest BCUT2D eigenvalue weighted by Gasteiger charge is 2.34. The van der Waals surface area contributed by atoms with E-state index in [2.05, 4.69) is 5.10 Å². The molecule has 1 aliphatic rings. The molecule has 3 aromatic rings. The van der Waals surface area contributed by atoms with Crippen LogP contribution in [0.4, 0.5) is 5.69 Å². The highest BCUT2D eigenvalue weighted by atomic mass is 32.2. The number of aryl methyl sites for hydroxylation is 1. The maximum Gasteiger partial charge on any atom is 0.299 e. The van der Waals surface area contributed by atoms with Crippen LogP contribution in [-0.2, 0) is 21.2 Å². The zero-order valence-electron chi connectivity index (χ0n) is 19.8. The second-order valence-electron chi connectivity index (χ2n) is 8.21. The molecule has 178 valence electrons. The first kappa shape index (κ1) is 23.8. The number of fused-ring (bicyclic) bond motifs is 1. The van der Waals surface area contributed by atoms with E-state index in [9.17, 15) is 18.0 Å². The average Bonchev–Trinajstić information content (AvgIpc) is 3.39. The maximum absolute atomic E-state index is 13.3. The number of Topliss-reactive ketones (excluding diaryl/α,β-unsaturated/α-hetero) is 1. The molecule has 0 saturated carbocycles. The number of amides is 1. The van der Waals surface area contributed by atoms with Crippen molar-refractivity contribution in [1.82, 2.24) is 14.1 Å². The number of benzene rings is 2. The number of carbonyl (C=O) groups is 2. The second kappa shape index (κ2) is 9.15. The molecule has 0 saturated heterocycles. The van der Waals surface area contributed by atoms with Gasteiger partial charge in [0.2, 0.25) is 10.0 Å². The normalized spacial score (nSPS) is 13.4. The molecule has 4 rings (SSSR count). The summed E-state index contributed by atoms with van der Waals surface area (Å²) in [6, 6.07) is 14.2. The van der Waals surface area contributed by atoms with Crippen LogP contribution in [0.1, 0.15) is 41.2 Å². The number of nitrogens with zero attached hydrogens (tertiary/aromatic N) is 4. The molecule has 9 heteroatoms. The van der Waals surface area contributed by atoms with Crippen LogP contribution in [0.25, 0.3) is 5.69 Å². The van der Waals surface area contributed by atoms with Crippen LogP contribution in [0.15, 0.2) is 53.4 Å². The number of para-hydroxylation sites is 1. The van der Waals surface area contributed by atoms with Crippen LogP contribution in [-0.4, -0.2) is 53.8 Å². The van der Waals surface area contributed by atoms with E-state index in [0.717, 1.165) is 11.3 Å². The first-order valence-electron chi connectivity index (χ1n) is 11.3. The van der Waals surface area contributed by atoms with E-state index < -0.39 is 21.7 Å². The molecule has 1 aliphatic heterocycles. The molecule has 0 radical (unpaired) electrons. The Morgan fingerprint density at radius 2 is 1.71 bits per heavy atom. The van der Waals surface area contributed by atoms with Gasteiger partial charge in [0.1, 0.15) is 0 Å². The Kier molecular flexibility index (Phi) is 6.42. The summed E-state index contributed by atoms with van der Waals surface area (Å²) in [5, 5.41) is 4.48. The predicted molar refractivity (Wildman–Crippen MR) is 130 cm³/mol. The first-order chi connectivity index (χ1) is 16.2. The number of carbonyl (C=O) groups excluding carboxylic acids is 2. The average molecular weight is 481 g/mol. The largest absolute Gasteiger partial charge is 0.305 e. The third-order valence-corrected chi connectivity index (χ3v) is 8.29. The van der Waals surface area contributed by atoms with Gasteiger partial charge in [-0.2, -0.15) is 9.40 Å². The van der Waals surface area contributed by atoms with Crippen molar-refractivity contribution in [3.63, 3.8) is 0 Å². The smallest absolute Gasteiger partial charge is 0.299 e. The van der Waals surface area contributed by atoms with Gasteiger partial charge < -0.3 is 4.90 Å². The number of rotatable bonds is 7. The number of aromatic nitrogens is 2. The predicted octanol–water partition coefficient (Wildman–Crippen LogP) is 3.29. The Morgan fingerprint density at radius 1 is 1.03 bits per heavy atom. The highest BCUT2D eigenvalue weighted by Crippen LogP contribution is 2.32. The van der Waals surface area contributed by atoms with Gasteiger partial charge in [0, 0.05) is 25.3 Å². The molecule has 0 unspecified atom stereocenters. The van der Waals surface area contributed by atoms with Gasteiger partial charge in [-0.15, -0.1) is 0 Å². The zero-order chi connectivity index (χ0) is 24.6. The molecule has 0 N–H and O–H groups in total. The molecule has 0 fully saturated rings. The van der Waals surface area contributed by atoms with Crippen LogP contribution in [0.3, 0.4) is 0 Å². The lowest BCUT2D eigenvalue weighted by Gasteiger charge is -2.20. The molecule has 0 atom stereocenters. The number of anilines is 1. The van der Waals surface area contributed by atoms with Gasteiger partial charge in [-0.1, -0.05) is 32.0 Å². The lowest BCUT2D eigenvalue weighted by molar-refractivity contribution is -0.114. The van der Waals surface area contributed by atoms with Gasteiger partial charge in [0.15, 0.2) is 0 Å². The van der Waals surface area contributed by atoms with E-state index >= 15 is 0 Å². The molecular formula is C25H28N4O4S. The van der Waals surface area contributed by atoms with E-state index in [1.807, 2.05) is 30.3 Å². The lowest BCUT2D eigenvalue weighted by Crippen LogP contribution is -2.35. The molecule has 0 spiro atoms. The Labute approximate surface area is 199 Å². The summed E-state index contributed by atoms with van der Waals surface area (Å²) in [7, 11) is -3.60. The summed E-state index contributed by atoms with van der Waals surface area (Å²) >= 11 is 0. The van der Waals surface area contributed by atoms with Crippen molar-refractivity contribution in [2.24, 2.45) is 0 Å². The number of sulfonamides is 1. The van der Waals surface area contributed by atoms with Gasteiger partial charge in [-0.3, -0.25) is 9.59 Å². The van der Waals surface area contributed by atoms with Crippen molar-refractivity contribution < 1.29 is 18.0 Å². The molecule has 1 amide bonds. The van der Waals surface area contributed by atoms with Crippen molar-refractivity contribution in [3.05, 3.63) is 71.0 Å². The number of ketones is 1. The van der Waals surface area contributed by atoms with Crippen molar-refractivity contribution in [2.75, 3.05) is 24.5 Å². The van der Waals surface area contributed by atoms with Gasteiger partial charge in [0.25, 0.3) is 11.7 Å². The summed E-state index contributed by atoms with van der Waals surface area (Å²) in [5.41, 5.74) is 3.50. The Bertz CT molecular complexity index is 1360. The van der Waals surface area contributed by atoms with Crippen LogP contribution in [0.5, 0.6) is 0 Å². The van der Waals surface area contributed by atoms with Crippen LogP contribution < -0.4 is 4.90 Å². The number of hydrogen-bond donors (Lipinski definition) is 0. The highest BCUT2D eigenvalue weighted by molar-refractivity contribution is 7.89. The van der Waals surface area contributed by atoms with Crippen LogP contribution in [0, 0.1) is 13.8 Å². The van der Waals surface area contributed by atoms with Crippen molar-refractivity contribution in [3.8, 4) is 5.69 Å². The molecular weight excluding hydrogens is 452 g/mol. The molecule has 1 aromatic heterocycles. The molecule has 0 aliphatic carbocycles. The van der Waals surface area contributed by atoms with Gasteiger partial charge in [-0.05, 0) is 56.2 Å². The minimum atomic E-state index is -3.60. The third-order valence-electron chi connectivity index (χ3n) is 6.25. The fourth-order valence-corrected chi connectivity index (χ4v) is 5.99. The second-order valence-corrected chi connectivity index (χ2v) is 10.1. The Morgan fingerprint density at radius 3 is 2.35 bits per heavy atom. The fourth-order valence-electron chi connectivity index (χ4n) is 4.48. The minimum Gasteiger partial charge on any atom is -0.305 e. The summed E-state index contributed by atoms with van der Waals surface area (Å²) in [6.45, 7) is 8.16. The third kappa shape index (κ3) is 3.95. The van der Waals surface area contributed by atoms with Gasteiger partial charge >= 0.3 is 0 Å². The molecule has 0 bridgehead atoms. The van der Waals surface area contributed by atoms with E-state index in [1.165, 1.54) is 15.3 Å². The molecule has 8 nitrogen and oxygen atoms in total. The van der Waals surface area contributed by atoms with Gasteiger partial charge in [-0.25, -0.2) is 13.1 Å². The molecule has 34 heavy (non-hydrogen) atoms. The lowest BCUT2D eigenvalue weighted by atomic mass is 10.1. The maximum atomic E-state index is 13.3. The van der Waals surface area contributed by atoms with E-state index in [0.29, 0.717) is 48.7 Å². The first-order valence-corrected chi connectivity index (χ1v) is 12.8. The minimum absolute atomic E-state index is 0.200. The Balaban J connectivity index is 1.63. The van der Waals surface area contributed by atoms with E-state index in [4.69, 9.17) is 0 Å². The van der Waals surface area contributed by atoms with Crippen molar-refractivity contribution in [2.45, 2.75) is 39.0 Å². The van der Waals surface area contributed by atoms with E-state index in [-0.39, 0.29) is 4.90 Å². The summed E-state index contributed by atoms with van der Waals surface area (Å²) < 4.78 is 28.8. The van der Waals surface area contributed by atoms with Crippen LogP contribution in [0.2, 0.25) is 0 Å². The van der Waals surface area contributed by atoms with Gasteiger partial charge in [0.05, 0.1) is 27.5 Å². The Hall–Kier alpha value is -3.30. The monoisotopic (exact) mass is 480 g/mol. The SMILES string of the molecule is CCN(CC)S(=O)(=O)c1ccc2c(c1)CCN2C(=O)C(=O)c1c(C)nn(-c2ccccc2)c1C. The zero-order valence-corrected chi connectivity index (χ0v) is 20.6. The quantitative estimate of drug-likeness (QED) is 0.382. The molecule has 2 heterocycles. The van der Waals surface area contributed by atoms with Crippen molar-refractivity contribution >= 4 is 27.4 Å². The summed E-state index contributed by atoms with van der Waals surface area (Å²) in [6.07, 6.45) is 0.483. The molecule has 2 aromatic carbocycles. The fraction of sp³-hybridized carbons (Fsp3) is 0.320. The topological polar surface area (TPSA) is 92.6 Å². The summed E-state index contributed by atoms with van der Waals surface area (Å²) in [4.78, 5) is 28.2.